The number of nitrogens with one attached hydrogen (secondary N) is 1. The van der Waals surface area contributed by atoms with E-state index in [4.69, 9.17) is 0 Å². The Morgan fingerprint density at radius 2 is 2.46 bits per heavy atom. The summed E-state index contributed by atoms with van der Waals surface area (Å²) in [7, 11) is -0.920. The molecule has 0 amide bonds. The van der Waals surface area contributed by atoms with E-state index in [1.165, 1.54) is 0 Å². The molecule has 1 heterocycles. The van der Waals surface area contributed by atoms with E-state index in [-0.39, 0.29) is 0 Å². The number of aromatic amines is 1. The van der Waals surface area contributed by atoms with Crippen LogP contribution >= 0.6 is 0 Å². The van der Waals surface area contributed by atoms with Crippen LogP contribution in [0, 0.1) is 0 Å². The SMILES string of the molecule is C=Nc1[nH]ccc1/C=C(\C)S(C)=O. The van der Waals surface area contributed by atoms with Gasteiger partial charge in [-0.3, -0.25) is 4.21 Å². The van der Waals surface area contributed by atoms with Crippen LogP contribution < -0.4 is 0 Å². The molecule has 1 atom stereocenters. The first-order chi connectivity index (χ1) is 6.15. The molecule has 0 spiro atoms. The number of hydrogen-bond acceptors (Lipinski definition) is 2. The number of aliphatic imine (C=N–C) groups is 1. The summed E-state index contributed by atoms with van der Waals surface area (Å²) in [6.07, 6.45) is 5.28. The highest BCUT2D eigenvalue weighted by Crippen LogP contribution is 2.19. The molecule has 0 aromatic carbocycles. The monoisotopic (exact) mass is 196 g/mol. The molecule has 13 heavy (non-hydrogen) atoms. The Hall–Kier alpha value is -1.16. The van der Waals surface area contributed by atoms with Gasteiger partial charge in [0.25, 0.3) is 0 Å². The first-order valence-electron chi connectivity index (χ1n) is 3.81. The van der Waals surface area contributed by atoms with E-state index < -0.39 is 10.8 Å². The molecule has 0 saturated carbocycles. The molecule has 0 aliphatic heterocycles. The number of rotatable bonds is 3. The number of hydrogen-bond donors (Lipinski definition) is 1. The lowest BCUT2D eigenvalue weighted by Crippen LogP contribution is -1.85. The minimum Gasteiger partial charge on any atom is -0.346 e. The van der Waals surface area contributed by atoms with Crippen molar-refractivity contribution < 1.29 is 4.21 Å². The van der Waals surface area contributed by atoms with E-state index in [1.807, 2.05) is 19.1 Å². The van der Waals surface area contributed by atoms with Gasteiger partial charge in [0.15, 0.2) is 0 Å². The summed E-state index contributed by atoms with van der Waals surface area (Å²) in [5.74, 6) is 0.713. The van der Waals surface area contributed by atoms with Crippen molar-refractivity contribution in [2.75, 3.05) is 6.26 Å². The molecule has 70 valence electrons. The highest BCUT2D eigenvalue weighted by Gasteiger charge is 2.00. The van der Waals surface area contributed by atoms with E-state index in [0.717, 1.165) is 10.5 Å². The standard InChI is InChI=1S/C9H12N2OS/c1-7(13(3)12)6-8-4-5-11-9(8)10-2/h4-6,11H,2H2,1,3H3/b7-6+. The van der Waals surface area contributed by atoms with Gasteiger partial charge in [-0.15, -0.1) is 0 Å². The molecule has 3 nitrogen and oxygen atoms in total. The summed E-state index contributed by atoms with van der Waals surface area (Å²) in [5.41, 5.74) is 0.919. The topological polar surface area (TPSA) is 45.2 Å². The van der Waals surface area contributed by atoms with Crippen LogP contribution in [0.2, 0.25) is 0 Å². The lowest BCUT2D eigenvalue weighted by molar-refractivity contribution is 0.690. The minimum atomic E-state index is -0.920. The predicted molar refractivity (Wildman–Crippen MR) is 57.7 cm³/mol. The molecular weight excluding hydrogens is 184 g/mol. The third-order valence-electron chi connectivity index (χ3n) is 1.73. The van der Waals surface area contributed by atoms with Crippen LogP contribution in [0.5, 0.6) is 0 Å². The summed E-state index contributed by atoms with van der Waals surface area (Å²) in [6.45, 7) is 5.26. The van der Waals surface area contributed by atoms with Gasteiger partial charge in [0.1, 0.15) is 5.82 Å². The van der Waals surface area contributed by atoms with Crippen molar-refractivity contribution in [3.05, 3.63) is 22.7 Å². The average molecular weight is 196 g/mol. The van der Waals surface area contributed by atoms with Crippen molar-refractivity contribution in [3.63, 3.8) is 0 Å². The van der Waals surface area contributed by atoms with Gasteiger partial charge >= 0.3 is 0 Å². The molecule has 0 aliphatic carbocycles. The molecule has 1 rings (SSSR count). The van der Waals surface area contributed by atoms with E-state index in [2.05, 4.69) is 16.7 Å². The molecule has 0 aliphatic rings. The smallest absolute Gasteiger partial charge is 0.136 e. The van der Waals surface area contributed by atoms with Crippen LogP contribution in [0.3, 0.4) is 0 Å². The third kappa shape index (κ3) is 2.39. The van der Waals surface area contributed by atoms with Crippen LogP contribution in [0.1, 0.15) is 12.5 Å². The number of aromatic nitrogens is 1. The Labute approximate surface area is 80.0 Å². The fraction of sp³-hybridized carbons (Fsp3) is 0.222. The lowest BCUT2D eigenvalue weighted by atomic mass is 10.3. The molecule has 0 saturated heterocycles. The zero-order valence-electron chi connectivity index (χ0n) is 7.70. The molecule has 1 unspecified atom stereocenters. The van der Waals surface area contributed by atoms with Crippen LogP contribution in [-0.2, 0) is 10.8 Å². The molecule has 1 aromatic heterocycles. The molecular formula is C9H12N2OS. The van der Waals surface area contributed by atoms with Gasteiger partial charge in [-0.05, 0) is 25.8 Å². The summed E-state index contributed by atoms with van der Waals surface area (Å²) < 4.78 is 11.1. The highest BCUT2D eigenvalue weighted by molar-refractivity contribution is 7.88. The molecule has 4 heteroatoms. The number of H-pyrrole nitrogens is 1. The summed E-state index contributed by atoms with van der Waals surface area (Å²) in [6, 6.07) is 1.88. The van der Waals surface area contributed by atoms with E-state index in [1.54, 1.807) is 12.5 Å². The lowest BCUT2D eigenvalue weighted by Gasteiger charge is -1.95. The van der Waals surface area contributed by atoms with E-state index in [9.17, 15) is 4.21 Å². The third-order valence-corrected chi connectivity index (χ3v) is 2.75. The number of allylic oxidation sites excluding steroid dienone is 1. The fourth-order valence-corrected chi connectivity index (χ4v) is 1.22. The summed E-state index contributed by atoms with van der Waals surface area (Å²) in [5, 5.41) is 0. The van der Waals surface area contributed by atoms with Gasteiger partial charge in [0.05, 0.1) is 0 Å². The Morgan fingerprint density at radius 1 is 1.77 bits per heavy atom. The second-order valence-corrected chi connectivity index (χ2v) is 4.20. The molecule has 1 N–H and O–H groups in total. The second kappa shape index (κ2) is 4.18. The van der Waals surface area contributed by atoms with Crippen LogP contribution in [0.4, 0.5) is 5.82 Å². The Bertz CT molecular complexity index is 365. The van der Waals surface area contributed by atoms with Crippen LogP contribution in [-0.4, -0.2) is 22.2 Å². The van der Waals surface area contributed by atoms with Crippen molar-refractivity contribution in [1.29, 1.82) is 0 Å². The summed E-state index contributed by atoms with van der Waals surface area (Å²) >= 11 is 0. The molecule has 0 bridgehead atoms. The first kappa shape index (κ1) is 9.92. The zero-order valence-corrected chi connectivity index (χ0v) is 8.52. The Balaban J connectivity index is 3.03. The maximum Gasteiger partial charge on any atom is 0.136 e. The van der Waals surface area contributed by atoms with Crippen molar-refractivity contribution in [3.8, 4) is 0 Å². The van der Waals surface area contributed by atoms with Gasteiger partial charge in [0, 0.05) is 33.7 Å². The van der Waals surface area contributed by atoms with Gasteiger partial charge in [-0.25, -0.2) is 4.99 Å². The van der Waals surface area contributed by atoms with Gasteiger partial charge in [-0.1, -0.05) is 0 Å². The maximum absolute atomic E-state index is 11.1. The quantitative estimate of drug-likeness (QED) is 0.739. The normalized spacial score (nSPS) is 14.2. The highest BCUT2D eigenvalue weighted by atomic mass is 32.2. The second-order valence-electron chi connectivity index (χ2n) is 2.65. The van der Waals surface area contributed by atoms with E-state index in [0.29, 0.717) is 5.82 Å². The van der Waals surface area contributed by atoms with Crippen molar-refractivity contribution in [1.82, 2.24) is 4.98 Å². The van der Waals surface area contributed by atoms with Gasteiger partial charge in [-0.2, -0.15) is 0 Å². The van der Waals surface area contributed by atoms with Crippen molar-refractivity contribution in [2.24, 2.45) is 4.99 Å². The summed E-state index contributed by atoms with van der Waals surface area (Å²) in [4.78, 5) is 7.54. The maximum atomic E-state index is 11.1. The Kier molecular flexibility index (Phi) is 3.19. The van der Waals surface area contributed by atoms with Crippen LogP contribution in [0.15, 0.2) is 22.2 Å². The first-order valence-corrected chi connectivity index (χ1v) is 5.36. The number of nitrogens with zero attached hydrogens (tertiary/aromatic N) is 1. The zero-order chi connectivity index (χ0) is 9.84. The fourth-order valence-electron chi connectivity index (χ4n) is 0.928. The minimum absolute atomic E-state index is 0.713. The van der Waals surface area contributed by atoms with Gasteiger partial charge < -0.3 is 4.98 Å². The molecule has 1 aromatic rings. The average Bonchev–Trinajstić information content (AvgIpc) is 2.51. The largest absolute Gasteiger partial charge is 0.346 e. The van der Waals surface area contributed by atoms with Gasteiger partial charge in [0.2, 0.25) is 0 Å². The van der Waals surface area contributed by atoms with Crippen molar-refractivity contribution in [2.45, 2.75) is 6.92 Å². The molecule has 0 fully saturated rings. The predicted octanol–water partition coefficient (Wildman–Crippen LogP) is 2.09. The van der Waals surface area contributed by atoms with Crippen molar-refractivity contribution >= 4 is 29.4 Å². The van der Waals surface area contributed by atoms with Crippen LogP contribution in [0.25, 0.3) is 6.08 Å². The van der Waals surface area contributed by atoms with E-state index >= 15 is 0 Å². The Morgan fingerprint density at radius 3 is 3.00 bits per heavy atom. The molecule has 0 radical (unpaired) electrons.